The van der Waals surface area contributed by atoms with E-state index in [0.29, 0.717) is 0 Å². The van der Waals surface area contributed by atoms with Crippen molar-refractivity contribution in [3.8, 4) is 0 Å². The number of ketones is 1. The molecule has 0 radical (unpaired) electrons. The van der Waals surface area contributed by atoms with Crippen LogP contribution in [0.3, 0.4) is 0 Å². The van der Waals surface area contributed by atoms with Gasteiger partial charge in [0.1, 0.15) is 6.42 Å². The van der Waals surface area contributed by atoms with E-state index in [9.17, 15) is 9.59 Å². The molecular weight excluding hydrogens is 340 g/mol. The van der Waals surface area contributed by atoms with Gasteiger partial charge in [0.25, 0.3) is 0 Å². The predicted molar refractivity (Wildman–Crippen MR) is 105 cm³/mol. The molecule has 4 rings (SSSR count). The first kappa shape index (κ1) is 17.1. The quantitative estimate of drug-likeness (QED) is 0.397. The van der Waals surface area contributed by atoms with Gasteiger partial charge in [-0.2, -0.15) is 0 Å². The van der Waals surface area contributed by atoms with Crippen LogP contribution in [-0.4, -0.2) is 28.3 Å². The second-order valence-corrected chi connectivity index (χ2v) is 6.46. The maximum Gasteiger partial charge on any atom is 0.313 e. The number of hydrogen-bond acceptors (Lipinski definition) is 3. The normalized spacial score (nSPS) is 11.3. The first-order valence-electron chi connectivity index (χ1n) is 8.99. The molecule has 5 heteroatoms. The van der Waals surface area contributed by atoms with E-state index in [1.807, 2.05) is 60.9 Å². The van der Waals surface area contributed by atoms with Gasteiger partial charge in [0.2, 0.25) is 0 Å². The third-order valence-electron chi connectivity index (χ3n) is 4.81. The first-order valence-corrected chi connectivity index (χ1v) is 8.99. The Bertz CT molecular complexity index is 1050. The van der Waals surface area contributed by atoms with E-state index in [-0.39, 0.29) is 18.8 Å². The second-order valence-electron chi connectivity index (χ2n) is 6.46. The van der Waals surface area contributed by atoms with Gasteiger partial charge in [0.05, 0.1) is 12.5 Å². The highest BCUT2D eigenvalue weighted by Crippen LogP contribution is 2.36. The summed E-state index contributed by atoms with van der Waals surface area (Å²) in [4.78, 5) is 31.6. The Morgan fingerprint density at radius 2 is 1.41 bits per heavy atom. The summed E-state index contributed by atoms with van der Waals surface area (Å²) in [5.41, 5.74) is 3.65. The van der Waals surface area contributed by atoms with Gasteiger partial charge in [0.15, 0.2) is 5.78 Å². The molecule has 0 aliphatic heterocycles. The maximum absolute atomic E-state index is 13.2. The molecule has 2 aromatic carbocycles. The van der Waals surface area contributed by atoms with Gasteiger partial charge in [-0.1, -0.05) is 36.4 Å². The Hall–Kier alpha value is -3.34. The molecule has 0 amide bonds. The topological polar surface area (TPSA) is 75.0 Å². The number of H-pyrrole nitrogens is 2. The van der Waals surface area contributed by atoms with E-state index in [1.165, 1.54) is 0 Å². The van der Waals surface area contributed by atoms with E-state index >= 15 is 0 Å². The zero-order valence-electron chi connectivity index (χ0n) is 15.0. The van der Waals surface area contributed by atoms with Crippen LogP contribution in [0.1, 0.15) is 30.4 Å². The van der Waals surface area contributed by atoms with Crippen LogP contribution in [0, 0.1) is 0 Å². The molecule has 0 unspecified atom stereocenters. The highest BCUT2D eigenvalue weighted by atomic mass is 16.5. The van der Waals surface area contributed by atoms with Crippen molar-refractivity contribution in [1.82, 2.24) is 9.97 Å². The Kier molecular flexibility index (Phi) is 4.50. The van der Waals surface area contributed by atoms with E-state index in [1.54, 1.807) is 6.92 Å². The van der Waals surface area contributed by atoms with Crippen LogP contribution in [0.2, 0.25) is 0 Å². The number of ether oxygens (including phenoxy) is 1. The maximum atomic E-state index is 13.2. The van der Waals surface area contributed by atoms with Gasteiger partial charge in [-0.05, 0) is 30.2 Å². The molecule has 0 aliphatic rings. The lowest BCUT2D eigenvalue weighted by Crippen LogP contribution is -2.19. The monoisotopic (exact) mass is 360 g/mol. The van der Waals surface area contributed by atoms with Crippen molar-refractivity contribution >= 4 is 33.6 Å². The van der Waals surface area contributed by atoms with Crippen LogP contribution in [0.15, 0.2) is 60.9 Å². The molecule has 27 heavy (non-hydrogen) atoms. The molecule has 2 aromatic heterocycles. The number of hydrogen-bond donors (Lipinski definition) is 2. The molecule has 0 saturated carbocycles. The van der Waals surface area contributed by atoms with Crippen LogP contribution in [0.5, 0.6) is 0 Å². The van der Waals surface area contributed by atoms with Crippen LogP contribution in [0.4, 0.5) is 0 Å². The average Bonchev–Trinajstić information content (AvgIpc) is 3.28. The summed E-state index contributed by atoms with van der Waals surface area (Å²) < 4.78 is 5.00. The van der Waals surface area contributed by atoms with E-state index < -0.39 is 11.9 Å². The zero-order valence-corrected chi connectivity index (χ0v) is 15.0. The molecule has 5 nitrogen and oxygen atoms in total. The van der Waals surface area contributed by atoms with Crippen LogP contribution < -0.4 is 0 Å². The lowest BCUT2D eigenvalue weighted by molar-refractivity contribution is -0.145. The fourth-order valence-electron chi connectivity index (χ4n) is 3.64. The molecule has 136 valence electrons. The minimum absolute atomic E-state index is 0.178. The molecule has 0 bridgehead atoms. The van der Waals surface area contributed by atoms with Crippen LogP contribution in [-0.2, 0) is 14.3 Å². The molecule has 2 heterocycles. The lowest BCUT2D eigenvalue weighted by Gasteiger charge is -2.15. The van der Waals surface area contributed by atoms with E-state index in [0.717, 1.165) is 32.9 Å². The van der Waals surface area contributed by atoms with Crippen molar-refractivity contribution in [2.75, 3.05) is 6.61 Å². The zero-order chi connectivity index (χ0) is 18.8. The van der Waals surface area contributed by atoms with E-state index in [4.69, 9.17) is 4.74 Å². The SMILES string of the molecule is CCOC(=O)CC(=O)C(c1c[nH]c2ccccc12)c1c[nH]c2ccccc12. The highest BCUT2D eigenvalue weighted by molar-refractivity contribution is 6.05. The summed E-state index contributed by atoms with van der Waals surface area (Å²) in [7, 11) is 0. The number of carbonyl (C=O) groups excluding carboxylic acids is 2. The molecule has 0 atom stereocenters. The third-order valence-corrected chi connectivity index (χ3v) is 4.81. The van der Waals surface area contributed by atoms with Crippen molar-refractivity contribution in [2.24, 2.45) is 0 Å². The number of rotatable bonds is 6. The summed E-state index contributed by atoms with van der Waals surface area (Å²) >= 11 is 0. The summed E-state index contributed by atoms with van der Waals surface area (Å²) in [6.45, 7) is 2.00. The molecular formula is C22H20N2O3. The van der Waals surface area contributed by atoms with Crippen molar-refractivity contribution in [1.29, 1.82) is 0 Å². The fourth-order valence-corrected chi connectivity index (χ4v) is 3.64. The molecule has 0 saturated heterocycles. The molecule has 0 fully saturated rings. The van der Waals surface area contributed by atoms with Gasteiger partial charge in [-0.25, -0.2) is 0 Å². The number of carbonyl (C=O) groups is 2. The number of nitrogens with one attached hydrogen (secondary N) is 2. The van der Waals surface area contributed by atoms with Gasteiger partial charge in [-0.15, -0.1) is 0 Å². The average molecular weight is 360 g/mol. The Morgan fingerprint density at radius 1 is 0.889 bits per heavy atom. The van der Waals surface area contributed by atoms with Gasteiger partial charge in [0, 0.05) is 34.2 Å². The summed E-state index contributed by atoms with van der Waals surface area (Å²) in [6.07, 6.45) is 3.47. The number of aromatic amines is 2. The first-order chi connectivity index (χ1) is 13.2. The van der Waals surface area contributed by atoms with Gasteiger partial charge in [-0.3, -0.25) is 9.59 Å². The fraction of sp³-hybridized carbons (Fsp3) is 0.182. The molecule has 0 spiro atoms. The number of para-hydroxylation sites is 2. The van der Waals surface area contributed by atoms with Gasteiger partial charge < -0.3 is 14.7 Å². The predicted octanol–water partition coefficient (Wildman–Crippen LogP) is 4.30. The standard InChI is InChI=1S/C22H20N2O3/c1-2-27-21(26)11-20(25)22(16-12-23-18-9-5-3-7-14(16)18)17-13-24-19-10-6-4-8-15(17)19/h3-10,12-13,22-24H,2,11H2,1H3. The number of aromatic nitrogens is 2. The number of esters is 1. The summed E-state index contributed by atoms with van der Waals surface area (Å²) in [6, 6.07) is 15.7. The lowest BCUT2D eigenvalue weighted by atomic mass is 9.86. The number of fused-ring (bicyclic) bond motifs is 2. The largest absolute Gasteiger partial charge is 0.466 e. The molecule has 2 N–H and O–H groups in total. The number of Topliss-reactive ketones (excluding diaryl/α,β-unsaturated/α-hetero) is 1. The van der Waals surface area contributed by atoms with Gasteiger partial charge >= 0.3 is 5.97 Å². The second kappa shape index (κ2) is 7.11. The Labute approximate surface area is 156 Å². The molecule has 0 aliphatic carbocycles. The number of benzene rings is 2. The minimum Gasteiger partial charge on any atom is -0.466 e. The Morgan fingerprint density at radius 3 is 1.93 bits per heavy atom. The molecule has 4 aromatic rings. The van der Waals surface area contributed by atoms with Crippen molar-refractivity contribution in [3.63, 3.8) is 0 Å². The van der Waals surface area contributed by atoms with E-state index in [2.05, 4.69) is 9.97 Å². The van der Waals surface area contributed by atoms with Crippen LogP contribution in [0.25, 0.3) is 21.8 Å². The Balaban J connectivity index is 1.85. The summed E-state index contributed by atoms with van der Waals surface area (Å²) in [5, 5.41) is 1.95. The van der Waals surface area contributed by atoms with Crippen molar-refractivity contribution < 1.29 is 14.3 Å². The van der Waals surface area contributed by atoms with Crippen molar-refractivity contribution in [3.05, 3.63) is 72.1 Å². The third kappa shape index (κ3) is 3.12. The smallest absolute Gasteiger partial charge is 0.313 e. The van der Waals surface area contributed by atoms with Crippen molar-refractivity contribution in [2.45, 2.75) is 19.3 Å². The highest BCUT2D eigenvalue weighted by Gasteiger charge is 2.29. The minimum atomic E-state index is -0.554. The van der Waals surface area contributed by atoms with Crippen LogP contribution >= 0.6 is 0 Å². The summed E-state index contributed by atoms with van der Waals surface area (Å²) in [5.74, 6) is -1.23.